The van der Waals surface area contributed by atoms with Crippen molar-refractivity contribution in [2.75, 3.05) is 13.2 Å². The van der Waals surface area contributed by atoms with E-state index in [1.165, 1.54) is 11.1 Å². The van der Waals surface area contributed by atoms with Gasteiger partial charge in [0.2, 0.25) is 0 Å². The predicted octanol–water partition coefficient (Wildman–Crippen LogP) is 4.02. The SMILES string of the molecule is CC(Cc1ccc(C(C)(C)C)cc1)CN1C=CC=NC1. The van der Waals surface area contributed by atoms with E-state index in [-0.39, 0.29) is 5.41 Å². The lowest BCUT2D eigenvalue weighted by atomic mass is 9.86. The van der Waals surface area contributed by atoms with E-state index >= 15 is 0 Å². The van der Waals surface area contributed by atoms with Gasteiger partial charge in [-0.25, -0.2) is 0 Å². The average Bonchev–Trinajstić information content (AvgIpc) is 2.39. The fourth-order valence-electron chi connectivity index (χ4n) is 2.55. The van der Waals surface area contributed by atoms with E-state index in [1.807, 2.05) is 12.3 Å². The van der Waals surface area contributed by atoms with Gasteiger partial charge in [-0.15, -0.1) is 0 Å². The Labute approximate surface area is 123 Å². The number of hydrogen-bond acceptors (Lipinski definition) is 2. The van der Waals surface area contributed by atoms with Crippen LogP contribution in [0.2, 0.25) is 0 Å². The average molecular weight is 270 g/mol. The van der Waals surface area contributed by atoms with Gasteiger partial charge in [0.25, 0.3) is 0 Å². The number of rotatable bonds is 4. The molecule has 0 saturated heterocycles. The summed E-state index contributed by atoms with van der Waals surface area (Å²) in [5.41, 5.74) is 3.07. The van der Waals surface area contributed by atoms with Crippen LogP contribution >= 0.6 is 0 Å². The van der Waals surface area contributed by atoms with E-state index in [2.05, 4.69) is 68.1 Å². The van der Waals surface area contributed by atoms with Crippen LogP contribution < -0.4 is 0 Å². The Morgan fingerprint density at radius 2 is 1.90 bits per heavy atom. The van der Waals surface area contributed by atoms with Crippen molar-refractivity contribution >= 4 is 6.21 Å². The third-order valence-corrected chi connectivity index (χ3v) is 3.70. The van der Waals surface area contributed by atoms with Gasteiger partial charge in [-0.05, 0) is 35.0 Å². The summed E-state index contributed by atoms with van der Waals surface area (Å²) in [4.78, 5) is 6.54. The first-order valence-electron chi connectivity index (χ1n) is 7.45. The number of aliphatic imine (C=N–C) groups is 1. The van der Waals surface area contributed by atoms with Gasteiger partial charge >= 0.3 is 0 Å². The van der Waals surface area contributed by atoms with Crippen LogP contribution in [0.4, 0.5) is 0 Å². The first kappa shape index (κ1) is 14.8. The van der Waals surface area contributed by atoms with Gasteiger partial charge in [0.05, 0.1) is 0 Å². The highest BCUT2D eigenvalue weighted by molar-refractivity contribution is 5.71. The van der Waals surface area contributed by atoms with Gasteiger partial charge in [-0.2, -0.15) is 0 Å². The second-order valence-corrected chi connectivity index (χ2v) is 6.84. The van der Waals surface area contributed by atoms with Gasteiger partial charge in [0.15, 0.2) is 0 Å². The fraction of sp³-hybridized carbons (Fsp3) is 0.500. The maximum Gasteiger partial charge on any atom is 0.109 e. The summed E-state index contributed by atoms with van der Waals surface area (Å²) in [7, 11) is 0. The Balaban J connectivity index is 1.89. The Kier molecular flexibility index (Phi) is 4.64. The Bertz CT molecular complexity index is 477. The molecule has 0 saturated carbocycles. The summed E-state index contributed by atoms with van der Waals surface area (Å²) in [6.45, 7) is 10.9. The van der Waals surface area contributed by atoms with Crippen molar-refractivity contribution < 1.29 is 0 Å². The maximum atomic E-state index is 4.27. The summed E-state index contributed by atoms with van der Waals surface area (Å²) in [6, 6.07) is 9.10. The normalized spacial score (nSPS) is 16.5. The molecule has 0 aliphatic carbocycles. The molecule has 0 spiro atoms. The van der Waals surface area contributed by atoms with E-state index in [1.54, 1.807) is 0 Å². The first-order valence-corrected chi connectivity index (χ1v) is 7.45. The lowest BCUT2D eigenvalue weighted by Crippen LogP contribution is -2.26. The molecule has 1 aliphatic rings. The molecule has 20 heavy (non-hydrogen) atoms. The molecule has 0 N–H and O–H groups in total. The van der Waals surface area contributed by atoms with Crippen molar-refractivity contribution in [3.8, 4) is 0 Å². The zero-order chi connectivity index (χ0) is 14.6. The first-order chi connectivity index (χ1) is 9.45. The van der Waals surface area contributed by atoms with Gasteiger partial charge < -0.3 is 4.90 Å². The van der Waals surface area contributed by atoms with Crippen molar-refractivity contribution in [1.29, 1.82) is 0 Å². The molecular weight excluding hydrogens is 244 g/mol. The van der Waals surface area contributed by atoms with Crippen molar-refractivity contribution in [3.63, 3.8) is 0 Å². The molecule has 1 unspecified atom stereocenters. The van der Waals surface area contributed by atoms with E-state index in [9.17, 15) is 0 Å². The van der Waals surface area contributed by atoms with Crippen LogP contribution in [0.25, 0.3) is 0 Å². The van der Waals surface area contributed by atoms with Gasteiger partial charge in [-0.3, -0.25) is 4.99 Å². The lowest BCUT2D eigenvalue weighted by Gasteiger charge is -2.24. The van der Waals surface area contributed by atoms with Crippen LogP contribution in [0, 0.1) is 5.92 Å². The summed E-state index contributed by atoms with van der Waals surface area (Å²) in [5, 5.41) is 0. The quantitative estimate of drug-likeness (QED) is 0.807. The summed E-state index contributed by atoms with van der Waals surface area (Å²) >= 11 is 0. The zero-order valence-electron chi connectivity index (χ0n) is 13.1. The molecule has 1 aromatic carbocycles. The van der Waals surface area contributed by atoms with E-state index in [4.69, 9.17) is 0 Å². The largest absolute Gasteiger partial charge is 0.358 e. The molecule has 0 amide bonds. The Morgan fingerprint density at radius 1 is 1.20 bits per heavy atom. The maximum absolute atomic E-state index is 4.27. The molecule has 2 nitrogen and oxygen atoms in total. The number of hydrogen-bond donors (Lipinski definition) is 0. The lowest BCUT2D eigenvalue weighted by molar-refractivity contribution is 0.324. The standard InChI is InChI=1S/C18H26N2/c1-15(13-20-11-5-10-19-14-20)12-16-6-8-17(9-7-16)18(2,3)4/h5-11,15H,12-14H2,1-4H3. The molecule has 2 heteroatoms. The van der Waals surface area contributed by atoms with Crippen LogP contribution in [-0.2, 0) is 11.8 Å². The van der Waals surface area contributed by atoms with E-state index in [0.29, 0.717) is 5.92 Å². The monoisotopic (exact) mass is 270 g/mol. The molecule has 0 radical (unpaired) electrons. The minimum atomic E-state index is 0.237. The molecule has 2 rings (SSSR count). The van der Waals surface area contributed by atoms with Crippen molar-refractivity contribution in [1.82, 2.24) is 4.90 Å². The molecular formula is C18H26N2. The molecule has 1 aromatic rings. The number of nitrogens with zero attached hydrogens (tertiary/aromatic N) is 2. The van der Waals surface area contributed by atoms with Crippen molar-refractivity contribution in [3.05, 3.63) is 47.7 Å². The molecule has 0 fully saturated rings. The van der Waals surface area contributed by atoms with Gasteiger partial charge in [-0.1, -0.05) is 52.0 Å². The summed E-state index contributed by atoms with van der Waals surface area (Å²) < 4.78 is 0. The molecule has 108 valence electrons. The number of allylic oxidation sites excluding steroid dienone is 1. The van der Waals surface area contributed by atoms with Crippen LogP contribution in [0.3, 0.4) is 0 Å². The highest BCUT2D eigenvalue weighted by Crippen LogP contribution is 2.23. The van der Waals surface area contributed by atoms with E-state index < -0.39 is 0 Å². The van der Waals surface area contributed by atoms with Crippen molar-refractivity contribution in [2.24, 2.45) is 10.9 Å². The fourth-order valence-corrected chi connectivity index (χ4v) is 2.55. The molecule has 0 aromatic heterocycles. The van der Waals surface area contributed by atoms with Crippen LogP contribution in [0.1, 0.15) is 38.8 Å². The minimum absolute atomic E-state index is 0.237. The van der Waals surface area contributed by atoms with E-state index in [0.717, 1.165) is 19.6 Å². The predicted molar refractivity (Wildman–Crippen MR) is 87.2 cm³/mol. The Morgan fingerprint density at radius 3 is 2.45 bits per heavy atom. The third kappa shape index (κ3) is 4.22. The molecule has 0 bridgehead atoms. The minimum Gasteiger partial charge on any atom is -0.358 e. The second kappa shape index (κ2) is 6.25. The van der Waals surface area contributed by atoms with Crippen LogP contribution in [-0.4, -0.2) is 24.3 Å². The smallest absolute Gasteiger partial charge is 0.109 e. The zero-order valence-corrected chi connectivity index (χ0v) is 13.1. The number of benzene rings is 1. The highest BCUT2D eigenvalue weighted by atomic mass is 15.2. The molecule has 1 atom stereocenters. The molecule has 1 heterocycles. The van der Waals surface area contributed by atoms with Crippen LogP contribution in [0.15, 0.2) is 41.5 Å². The molecule has 1 aliphatic heterocycles. The Hall–Kier alpha value is -1.57. The highest BCUT2D eigenvalue weighted by Gasteiger charge is 2.14. The van der Waals surface area contributed by atoms with Gasteiger partial charge in [0, 0.05) is 19.0 Å². The van der Waals surface area contributed by atoms with Gasteiger partial charge in [0.1, 0.15) is 6.67 Å². The second-order valence-electron chi connectivity index (χ2n) is 6.84. The topological polar surface area (TPSA) is 15.6 Å². The third-order valence-electron chi connectivity index (χ3n) is 3.70. The summed E-state index contributed by atoms with van der Waals surface area (Å²) in [6.07, 6.45) is 7.13. The van der Waals surface area contributed by atoms with Crippen molar-refractivity contribution in [2.45, 2.75) is 39.5 Å². The summed E-state index contributed by atoms with van der Waals surface area (Å²) in [5.74, 6) is 0.633. The van der Waals surface area contributed by atoms with Crippen LogP contribution in [0.5, 0.6) is 0 Å².